The quantitative estimate of drug-likeness (QED) is 0.216. The van der Waals surface area contributed by atoms with Crippen molar-refractivity contribution in [1.82, 2.24) is 4.81 Å². The number of rotatable bonds is 0. The molecule has 1 heterocycles. The van der Waals surface area contributed by atoms with Crippen molar-refractivity contribution >= 4 is 26.6 Å². The van der Waals surface area contributed by atoms with Gasteiger partial charge >= 0.3 is 75.3 Å². The van der Waals surface area contributed by atoms with Crippen LogP contribution in [0.5, 0.6) is 0 Å². The van der Waals surface area contributed by atoms with Crippen LogP contribution in [0.3, 0.4) is 0 Å². The van der Waals surface area contributed by atoms with E-state index in [1.165, 1.54) is 19.3 Å². The molecule has 1 aromatic carbocycles. The van der Waals surface area contributed by atoms with E-state index in [9.17, 15) is 0 Å². The molecule has 0 aliphatic carbocycles. The average molecular weight is 525 g/mol. The van der Waals surface area contributed by atoms with Crippen LogP contribution in [-0.4, -0.2) is 43.5 Å². The summed E-state index contributed by atoms with van der Waals surface area (Å²) in [5, 5.41) is 0. The van der Waals surface area contributed by atoms with E-state index < -0.39 is 19.8 Å². The Hall–Kier alpha value is -0.644. The van der Waals surface area contributed by atoms with Crippen LogP contribution in [0.4, 0.5) is 0 Å². The molecule has 1 aromatic rings. The van der Waals surface area contributed by atoms with Gasteiger partial charge in [0.05, 0.1) is 0 Å². The van der Waals surface area contributed by atoms with Crippen molar-refractivity contribution in [3.05, 3.63) is 55.8 Å². The maximum atomic E-state index is 7.50. The van der Waals surface area contributed by atoms with E-state index in [-0.39, 0.29) is 22.9 Å². The molecule has 0 aromatic heterocycles. The largest absolute Gasteiger partial charge is 0 e. The van der Waals surface area contributed by atoms with Gasteiger partial charge in [-0.15, -0.1) is 5.82 Å². The van der Waals surface area contributed by atoms with Gasteiger partial charge in [-0.25, -0.2) is 0 Å². The molecule has 1 saturated heterocycles. The minimum Gasteiger partial charge on any atom is 0 e. The number of benzene rings is 1. The third-order valence-electron chi connectivity index (χ3n) is 3.27. The second kappa shape index (κ2) is 22.6. The summed E-state index contributed by atoms with van der Waals surface area (Å²) in [4.78, 5) is 9.61. The van der Waals surface area contributed by atoms with E-state index in [0.717, 1.165) is 5.56 Å². The first kappa shape index (κ1) is 34.8. The van der Waals surface area contributed by atoms with Crippen LogP contribution in [0.15, 0.2) is 30.3 Å². The zero-order chi connectivity index (χ0) is 21.9. The summed E-state index contributed by atoms with van der Waals surface area (Å²) in [6.07, 6.45) is 2.47. The fraction of sp³-hybridized carbons (Fsp3) is 0.476. The van der Waals surface area contributed by atoms with Crippen LogP contribution in [0.1, 0.15) is 32.8 Å². The number of hydrogen-bond donors (Lipinski definition) is 0. The predicted molar refractivity (Wildman–Crippen MR) is 110 cm³/mol. The van der Waals surface area contributed by atoms with E-state index >= 15 is 0 Å². The zero-order valence-electron chi connectivity index (χ0n) is 17.7. The third kappa shape index (κ3) is 18.7. The normalized spacial score (nSPS) is 11.7. The maximum absolute atomic E-state index is 7.50. The van der Waals surface area contributed by atoms with Crippen LogP contribution >= 0.6 is 0 Å². The molecule has 149 valence electrons. The Kier molecular flexibility index (Phi) is 28.2. The van der Waals surface area contributed by atoms with Gasteiger partial charge in [0, 0.05) is 28.5 Å². The smallest absolute Gasteiger partial charge is 0 e. The Morgan fingerprint density at radius 2 is 1.39 bits per heavy atom. The van der Waals surface area contributed by atoms with Gasteiger partial charge in [0.25, 0.3) is 0 Å². The van der Waals surface area contributed by atoms with Crippen LogP contribution in [0, 0.1) is 31.7 Å². The molecule has 0 amide bonds. The fourth-order valence-electron chi connectivity index (χ4n) is 2.41. The molecule has 28 heavy (non-hydrogen) atoms. The average Bonchev–Trinajstić information content (AvgIpc) is 3.15. The molecule has 2 rings (SSSR count). The van der Waals surface area contributed by atoms with Crippen molar-refractivity contribution in [2.24, 2.45) is 0 Å². The Labute approximate surface area is 190 Å². The Morgan fingerprint density at radius 1 is 0.964 bits per heavy atom. The van der Waals surface area contributed by atoms with Gasteiger partial charge in [0.15, 0.2) is 0 Å². The maximum Gasteiger partial charge on any atom is 0 e. The molecule has 1 aliphatic rings. The summed E-state index contributed by atoms with van der Waals surface area (Å²) in [5.41, 5.74) is 1.35. The molecule has 1 aliphatic heterocycles. The minimum atomic E-state index is -0.543. The molecule has 0 spiro atoms. The molecule has 1 radical (unpaired) electrons. The van der Waals surface area contributed by atoms with Gasteiger partial charge < -0.3 is 4.81 Å². The van der Waals surface area contributed by atoms with Gasteiger partial charge in [-0.3, -0.25) is 0 Å². The summed E-state index contributed by atoms with van der Waals surface area (Å²) in [7, 11) is 0. The molecule has 7 heteroatoms. The first-order chi connectivity index (χ1) is 12.8. The van der Waals surface area contributed by atoms with Crippen molar-refractivity contribution < 1.29 is 31.3 Å². The number of nitrogens with zero attached hydrogens (tertiary/aromatic N) is 1. The van der Waals surface area contributed by atoms with Gasteiger partial charge in [-0.05, 0) is 52.2 Å². The molecular formula is C21H29BCrNO3Sn. The molecular weight excluding hydrogens is 496 g/mol. The van der Waals surface area contributed by atoms with Crippen LogP contribution in [-0.2, 0) is 31.3 Å². The summed E-state index contributed by atoms with van der Waals surface area (Å²) in [6.45, 7) is 21.9. The summed E-state index contributed by atoms with van der Waals surface area (Å²) >= 11 is -0.543. The summed E-state index contributed by atoms with van der Waals surface area (Å²) in [6, 6.07) is 10.3. The SMILES string of the molecule is CC(C)(C)N1CCCB1C#Cc1ccccc1.[C-]#[O+].[C-]#[O+].[C-]#[O+].[CH3][Sn]([CH3])[CH3].[Cr]. The van der Waals surface area contributed by atoms with E-state index in [1.807, 2.05) is 18.2 Å². The van der Waals surface area contributed by atoms with Gasteiger partial charge in [0.1, 0.15) is 0 Å². The zero-order valence-corrected chi connectivity index (χ0v) is 21.8. The summed E-state index contributed by atoms with van der Waals surface area (Å²) < 4.78 is 22.5. The van der Waals surface area contributed by atoms with Crippen LogP contribution < -0.4 is 0 Å². The molecule has 4 nitrogen and oxygen atoms in total. The summed E-state index contributed by atoms with van der Waals surface area (Å²) in [5.74, 6) is 6.73. The first-order valence-electron chi connectivity index (χ1n) is 8.52. The molecule has 0 N–H and O–H groups in total. The Morgan fingerprint density at radius 3 is 1.79 bits per heavy atom. The molecule has 0 saturated carbocycles. The minimum absolute atomic E-state index is 0. The monoisotopic (exact) mass is 526 g/mol. The van der Waals surface area contributed by atoms with E-state index in [1.54, 1.807) is 0 Å². The van der Waals surface area contributed by atoms with Crippen molar-refractivity contribution in [3.63, 3.8) is 0 Å². The Bertz CT molecular complexity index is 584. The van der Waals surface area contributed by atoms with Crippen molar-refractivity contribution in [1.29, 1.82) is 0 Å². The molecule has 0 atom stereocenters. The van der Waals surface area contributed by atoms with E-state index in [4.69, 9.17) is 14.0 Å². The van der Waals surface area contributed by atoms with Crippen molar-refractivity contribution in [2.75, 3.05) is 6.54 Å². The molecule has 0 bridgehead atoms. The first-order valence-corrected chi connectivity index (χ1v) is 17.1. The van der Waals surface area contributed by atoms with Gasteiger partial charge in [-0.1, -0.05) is 24.1 Å². The Balaban J connectivity index is -0.000000225. The molecule has 0 unspecified atom stereocenters. The second-order valence-electron chi connectivity index (χ2n) is 7.16. The predicted octanol–water partition coefficient (Wildman–Crippen LogP) is 4.33. The van der Waals surface area contributed by atoms with Gasteiger partial charge in [-0.2, -0.15) is 0 Å². The van der Waals surface area contributed by atoms with Gasteiger partial charge in [0.2, 0.25) is 0 Å². The number of hydrogen-bond acceptors (Lipinski definition) is 1. The van der Waals surface area contributed by atoms with Crippen LogP contribution in [0.2, 0.25) is 21.1 Å². The van der Waals surface area contributed by atoms with Crippen LogP contribution in [0.25, 0.3) is 0 Å². The topological polar surface area (TPSA) is 62.9 Å². The second-order valence-corrected chi connectivity index (χ2v) is 15.7. The van der Waals surface area contributed by atoms with Crippen molar-refractivity contribution in [2.45, 2.75) is 53.9 Å². The fourth-order valence-corrected chi connectivity index (χ4v) is 2.41. The standard InChI is InChI=1S/C15H20BN.3CO.3CH3.Cr.Sn/c1-15(2,3)17-13-7-11-16(17)12-10-14-8-5-4-6-9-14;3*1-2;;;;;/h4-6,8-9H,7,11,13H2,1-3H3;;;;3*1H3;;. The van der Waals surface area contributed by atoms with Crippen molar-refractivity contribution in [3.8, 4) is 11.7 Å². The third-order valence-corrected chi connectivity index (χ3v) is 3.27. The van der Waals surface area contributed by atoms with E-state index in [0.29, 0.717) is 6.85 Å². The van der Waals surface area contributed by atoms with E-state index in [2.05, 4.69) is 84.2 Å². The molecule has 1 fully saturated rings.